The number of amides is 1. The Morgan fingerprint density at radius 1 is 0.972 bits per heavy atom. The first kappa shape index (κ1) is 26.9. The summed E-state index contributed by atoms with van der Waals surface area (Å²) in [4.78, 5) is 28.6. The summed E-state index contributed by atoms with van der Waals surface area (Å²) in [5.41, 5.74) is 2.41. The van der Waals surface area contributed by atoms with Crippen molar-refractivity contribution in [3.8, 4) is 11.1 Å². The van der Waals surface area contributed by atoms with Gasteiger partial charge in [0.15, 0.2) is 0 Å². The van der Waals surface area contributed by atoms with Crippen LogP contribution in [0.1, 0.15) is 55.5 Å². The molecule has 10 heteroatoms. The third kappa shape index (κ3) is 6.51. The quantitative estimate of drug-likeness (QED) is 0.374. The minimum Gasteiger partial charge on any atom is -0.461 e. The molecule has 1 amide bonds. The lowest BCUT2D eigenvalue weighted by Crippen LogP contribution is -2.31. The Bertz CT molecular complexity index is 1300. The first-order valence-electron chi connectivity index (χ1n) is 11.9. The minimum atomic E-state index is -4.14. The minimum absolute atomic E-state index is 0.0353. The lowest BCUT2D eigenvalue weighted by atomic mass is 10.0. The van der Waals surface area contributed by atoms with Crippen molar-refractivity contribution in [1.82, 2.24) is 14.3 Å². The smallest absolute Gasteiger partial charge is 0.421 e. The third-order valence-electron chi connectivity index (χ3n) is 5.45. The zero-order valence-electron chi connectivity index (χ0n) is 20.7. The fourth-order valence-electron chi connectivity index (χ4n) is 3.73. The summed E-state index contributed by atoms with van der Waals surface area (Å²) < 4.78 is 39.3. The van der Waals surface area contributed by atoms with Crippen LogP contribution in [0, 0.1) is 0 Å². The summed E-state index contributed by atoms with van der Waals surface area (Å²) in [6.45, 7) is 6.19. The molecule has 0 spiro atoms. The van der Waals surface area contributed by atoms with E-state index in [2.05, 4.69) is 11.9 Å². The van der Waals surface area contributed by atoms with Gasteiger partial charge in [-0.1, -0.05) is 55.8 Å². The number of benzene rings is 2. The highest BCUT2D eigenvalue weighted by atomic mass is 32.2. The molecule has 0 bridgehead atoms. The molecular weight excluding hydrogens is 482 g/mol. The van der Waals surface area contributed by atoms with Gasteiger partial charge in [-0.2, -0.15) is 0 Å². The monoisotopic (exact) mass is 513 g/mol. The van der Waals surface area contributed by atoms with E-state index in [1.54, 1.807) is 50.4 Å². The highest BCUT2D eigenvalue weighted by molar-refractivity contribution is 7.90. The van der Waals surface area contributed by atoms with Crippen LogP contribution in [0.25, 0.3) is 11.1 Å². The summed E-state index contributed by atoms with van der Waals surface area (Å²) >= 11 is 0. The molecule has 1 heterocycles. The molecule has 0 radical (unpaired) electrons. The maximum absolute atomic E-state index is 12.8. The van der Waals surface area contributed by atoms with Crippen LogP contribution in [0.15, 0.2) is 59.6 Å². The number of carbonyl (C=O) groups is 2. The largest absolute Gasteiger partial charge is 0.461 e. The summed E-state index contributed by atoms with van der Waals surface area (Å²) in [6, 6.07) is 13.8. The number of imidazole rings is 1. The molecule has 1 aromatic heterocycles. The number of aromatic nitrogens is 2. The van der Waals surface area contributed by atoms with Gasteiger partial charge in [0.1, 0.15) is 11.5 Å². The summed E-state index contributed by atoms with van der Waals surface area (Å²) in [5.74, 6) is 0.392. The van der Waals surface area contributed by atoms with Crippen molar-refractivity contribution in [2.45, 2.75) is 51.5 Å². The molecule has 9 nitrogen and oxygen atoms in total. The number of rotatable bonds is 11. The maximum atomic E-state index is 12.8. The van der Waals surface area contributed by atoms with Crippen LogP contribution in [0.2, 0.25) is 0 Å². The van der Waals surface area contributed by atoms with E-state index in [1.165, 1.54) is 6.07 Å². The van der Waals surface area contributed by atoms with Gasteiger partial charge in [0.05, 0.1) is 24.3 Å². The zero-order valence-corrected chi connectivity index (χ0v) is 21.5. The molecular formula is C26H31N3O6S. The van der Waals surface area contributed by atoms with Gasteiger partial charge in [-0.3, -0.25) is 0 Å². The molecule has 0 aliphatic carbocycles. The van der Waals surface area contributed by atoms with Gasteiger partial charge < -0.3 is 14.0 Å². The Morgan fingerprint density at radius 2 is 1.67 bits per heavy atom. The summed E-state index contributed by atoms with van der Waals surface area (Å²) in [6.07, 6.45) is 3.22. The summed E-state index contributed by atoms with van der Waals surface area (Å²) in [7, 11) is -4.14. The van der Waals surface area contributed by atoms with E-state index in [1.807, 2.05) is 21.4 Å². The number of hydrogen-bond acceptors (Lipinski definition) is 7. The molecule has 0 aliphatic heterocycles. The molecule has 2 aromatic carbocycles. The van der Waals surface area contributed by atoms with Crippen molar-refractivity contribution < 1.29 is 27.5 Å². The average Bonchev–Trinajstić information content (AvgIpc) is 3.25. The fourth-order valence-corrected chi connectivity index (χ4v) is 4.85. The molecule has 0 fully saturated rings. The van der Waals surface area contributed by atoms with E-state index in [4.69, 9.17) is 9.47 Å². The second-order valence-electron chi connectivity index (χ2n) is 7.99. The van der Waals surface area contributed by atoms with Gasteiger partial charge in [0.25, 0.3) is 10.0 Å². The molecule has 0 saturated heterocycles. The number of aryl methyl sites for hydroxylation is 1. The number of ether oxygens (including phenoxy) is 2. The number of sulfonamides is 1. The van der Waals surface area contributed by atoms with Gasteiger partial charge >= 0.3 is 12.1 Å². The predicted molar refractivity (Wildman–Crippen MR) is 135 cm³/mol. The van der Waals surface area contributed by atoms with Crippen molar-refractivity contribution in [1.29, 1.82) is 0 Å². The van der Waals surface area contributed by atoms with Crippen molar-refractivity contribution in [3.05, 3.63) is 71.8 Å². The van der Waals surface area contributed by atoms with E-state index in [9.17, 15) is 18.0 Å². The highest BCUT2D eigenvalue weighted by Gasteiger charge is 2.22. The van der Waals surface area contributed by atoms with E-state index in [0.717, 1.165) is 30.7 Å². The summed E-state index contributed by atoms with van der Waals surface area (Å²) in [5, 5.41) is 0. The first-order valence-corrected chi connectivity index (χ1v) is 13.4. The van der Waals surface area contributed by atoms with Crippen molar-refractivity contribution >= 4 is 22.1 Å². The van der Waals surface area contributed by atoms with E-state index >= 15 is 0 Å². The molecule has 0 unspecified atom stereocenters. The molecule has 192 valence electrons. The van der Waals surface area contributed by atoms with Crippen molar-refractivity contribution in [2.24, 2.45) is 0 Å². The number of unbranched alkanes of at least 4 members (excludes halogenated alkanes) is 1. The van der Waals surface area contributed by atoms with Crippen LogP contribution < -0.4 is 4.72 Å². The van der Waals surface area contributed by atoms with E-state index in [0.29, 0.717) is 23.4 Å². The number of nitrogens with zero attached hydrogens (tertiary/aromatic N) is 2. The zero-order chi connectivity index (χ0) is 26.1. The van der Waals surface area contributed by atoms with Crippen molar-refractivity contribution in [3.63, 3.8) is 0 Å². The van der Waals surface area contributed by atoms with Gasteiger partial charge in [0.2, 0.25) is 0 Å². The van der Waals surface area contributed by atoms with Gasteiger partial charge in [-0.25, -0.2) is 27.7 Å². The Balaban J connectivity index is 1.90. The van der Waals surface area contributed by atoms with E-state index < -0.39 is 22.1 Å². The Morgan fingerprint density at radius 3 is 2.33 bits per heavy atom. The first-order chi connectivity index (χ1) is 17.3. The SMILES string of the molecule is CCCCc1ncc(C(=O)OCC)n1Cc1ccc(-c2ccccc2S(=O)(=O)NC(=O)OCC)cc1. The standard InChI is InChI=1S/C26H31N3O6S/c1-4-7-12-24-27-17-22(25(30)34-5-2)29(24)18-19-13-15-20(16-14-19)21-10-8-9-11-23(21)36(32,33)28-26(31)35-6-3/h8-11,13-17H,4-7,12,18H2,1-3H3,(H,28,31). The predicted octanol–water partition coefficient (Wildman–Crippen LogP) is 4.55. The number of hydrogen-bond donors (Lipinski definition) is 1. The van der Waals surface area contributed by atoms with Crippen LogP contribution in [0.3, 0.4) is 0 Å². The van der Waals surface area contributed by atoms with Gasteiger partial charge in [0, 0.05) is 18.5 Å². The second-order valence-corrected chi connectivity index (χ2v) is 9.64. The number of nitrogens with one attached hydrogen (secondary N) is 1. The van der Waals surface area contributed by atoms with Crippen LogP contribution in [0.4, 0.5) is 4.79 Å². The van der Waals surface area contributed by atoms with Crippen LogP contribution in [0.5, 0.6) is 0 Å². The Kier molecular flexibility index (Phi) is 9.24. The molecule has 0 aliphatic rings. The third-order valence-corrected chi connectivity index (χ3v) is 6.82. The Hall–Kier alpha value is -3.66. The van der Waals surface area contributed by atoms with Gasteiger partial charge in [-0.05, 0) is 37.5 Å². The van der Waals surface area contributed by atoms with E-state index in [-0.39, 0.29) is 18.1 Å². The van der Waals surface area contributed by atoms with Gasteiger partial charge in [-0.15, -0.1) is 0 Å². The lowest BCUT2D eigenvalue weighted by molar-refractivity contribution is 0.0514. The highest BCUT2D eigenvalue weighted by Crippen LogP contribution is 2.28. The normalized spacial score (nSPS) is 11.2. The van der Waals surface area contributed by atoms with Crippen LogP contribution >= 0.6 is 0 Å². The molecule has 0 saturated carbocycles. The number of esters is 1. The average molecular weight is 514 g/mol. The lowest BCUT2D eigenvalue weighted by Gasteiger charge is -2.14. The molecule has 0 atom stereocenters. The molecule has 3 rings (SSSR count). The number of carbonyl (C=O) groups excluding carboxylic acids is 2. The molecule has 36 heavy (non-hydrogen) atoms. The Labute approximate surface area is 211 Å². The van der Waals surface area contributed by atoms with Crippen LogP contribution in [-0.4, -0.2) is 43.2 Å². The fraction of sp³-hybridized carbons (Fsp3) is 0.346. The van der Waals surface area contributed by atoms with Crippen LogP contribution in [-0.2, 0) is 32.5 Å². The maximum Gasteiger partial charge on any atom is 0.421 e. The topological polar surface area (TPSA) is 117 Å². The second kappa shape index (κ2) is 12.3. The molecule has 3 aromatic rings. The van der Waals surface area contributed by atoms with Crippen molar-refractivity contribution in [2.75, 3.05) is 13.2 Å². The molecule has 1 N–H and O–H groups in total.